The lowest BCUT2D eigenvalue weighted by Gasteiger charge is -2.31. The van der Waals surface area contributed by atoms with Gasteiger partial charge in [-0.05, 0) is 44.7 Å². The van der Waals surface area contributed by atoms with E-state index >= 15 is 0 Å². The van der Waals surface area contributed by atoms with Crippen molar-refractivity contribution in [1.82, 2.24) is 15.0 Å². The lowest BCUT2D eigenvalue weighted by atomic mass is 9.97. The van der Waals surface area contributed by atoms with Crippen molar-refractivity contribution in [3.05, 3.63) is 46.8 Å². The van der Waals surface area contributed by atoms with Gasteiger partial charge in [-0.3, -0.25) is 4.79 Å². The summed E-state index contributed by atoms with van der Waals surface area (Å²) >= 11 is 0. The first kappa shape index (κ1) is 16.8. The molecule has 1 aliphatic rings. The second-order valence-corrected chi connectivity index (χ2v) is 7.18. The van der Waals surface area contributed by atoms with Gasteiger partial charge in [0, 0.05) is 24.0 Å². The zero-order valence-corrected chi connectivity index (χ0v) is 15.4. The first-order chi connectivity index (χ1) is 12.5. The van der Waals surface area contributed by atoms with Gasteiger partial charge < -0.3 is 13.8 Å². The van der Waals surface area contributed by atoms with Crippen LogP contribution in [0.2, 0.25) is 0 Å². The van der Waals surface area contributed by atoms with Crippen molar-refractivity contribution in [3.8, 4) is 0 Å². The number of rotatable bonds is 3. The van der Waals surface area contributed by atoms with Crippen molar-refractivity contribution < 1.29 is 13.7 Å². The predicted molar refractivity (Wildman–Crippen MR) is 97.0 cm³/mol. The van der Waals surface area contributed by atoms with Crippen LogP contribution in [0.25, 0.3) is 11.0 Å². The van der Waals surface area contributed by atoms with Crippen molar-refractivity contribution in [1.29, 1.82) is 0 Å². The Hall–Kier alpha value is -2.63. The molecule has 1 saturated heterocycles. The largest absolute Gasteiger partial charge is 0.464 e. The van der Waals surface area contributed by atoms with Crippen molar-refractivity contribution in [2.75, 3.05) is 13.1 Å². The maximum Gasteiger partial charge on any atom is 0.231 e. The second kappa shape index (κ2) is 6.59. The third kappa shape index (κ3) is 3.00. The molecule has 4 rings (SSSR count). The molecule has 1 atom stereocenters. The Labute approximate surface area is 152 Å². The summed E-state index contributed by atoms with van der Waals surface area (Å²) in [7, 11) is 0. The number of piperidine rings is 1. The molecule has 1 aliphatic heterocycles. The number of fused-ring (bicyclic) bond motifs is 1. The molecule has 0 radical (unpaired) electrons. The van der Waals surface area contributed by atoms with Gasteiger partial charge in [0.15, 0.2) is 5.82 Å². The van der Waals surface area contributed by atoms with Crippen molar-refractivity contribution in [3.63, 3.8) is 0 Å². The minimum Gasteiger partial charge on any atom is -0.464 e. The van der Waals surface area contributed by atoms with Crippen LogP contribution in [-0.4, -0.2) is 34.0 Å². The van der Waals surface area contributed by atoms with Crippen molar-refractivity contribution in [2.45, 2.75) is 46.0 Å². The summed E-state index contributed by atoms with van der Waals surface area (Å²) < 4.78 is 11.0. The van der Waals surface area contributed by atoms with E-state index < -0.39 is 0 Å². The fraction of sp³-hybridized carbons (Fsp3) is 0.450. The highest BCUT2D eigenvalue weighted by Crippen LogP contribution is 2.29. The van der Waals surface area contributed by atoms with Crippen LogP contribution in [0.15, 0.2) is 27.3 Å². The zero-order chi connectivity index (χ0) is 18.3. The molecule has 2 aromatic heterocycles. The van der Waals surface area contributed by atoms with E-state index in [9.17, 15) is 4.79 Å². The van der Waals surface area contributed by atoms with E-state index in [4.69, 9.17) is 8.94 Å². The number of aromatic nitrogens is 2. The highest BCUT2D eigenvalue weighted by molar-refractivity contribution is 5.89. The number of benzene rings is 1. The third-order valence-electron chi connectivity index (χ3n) is 5.35. The molecule has 6 heteroatoms. The Kier molecular flexibility index (Phi) is 4.26. The molecule has 0 bridgehead atoms. The van der Waals surface area contributed by atoms with Gasteiger partial charge in [-0.1, -0.05) is 17.3 Å². The van der Waals surface area contributed by atoms with Gasteiger partial charge in [0.05, 0.1) is 18.6 Å². The normalized spacial score (nSPS) is 17.8. The van der Waals surface area contributed by atoms with E-state index in [0.29, 0.717) is 24.7 Å². The fourth-order valence-corrected chi connectivity index (χ4v) is 3.68. The highest BCUT2D eigenvalue weighted by atomic mass is 16.5. The van der Waals surface area contributed by atoms with Gasteiger partial charge >= 0.3 is 0 Å². The van der Waals surface area contributed by atoms with Crippen LogP contribution >= 0.6 is 0 Å². The van der Waals surface area contributed by atoms with Crippen LogP contribution in [0.4, 0.5) is 0 Å². The van der Waals surface area contributed by atoms with Gasteiger partial charge in [0.25, 0.3) is 0 Å². The molecule has 3 aromatic rings. The van der Waals surface area contributed by atoms with Crippen LogP contribution in [-0.2, 0) is 11.2 Å². The van der Waals surface area contributed by atoms with Gasteiger partial charge in [-0.2, -0.15) is 4.98 Å². The molecule has 26 heavy (non-hydrogen) atoms. The van der Waals surface area contributed by atoms with E-state index in [1.54, 1.807) is 6.26 Å². The topological polar surface area (TPSA) is 72.4 Å². The summed E-state index contributed by atoms with van der Waals surface area (Å²) in [4.78, 5) is 19.1. The molecule has 136 valence electrons. The molecule has 0 aliphatic carbocycles. The minimum atomic E-state index is 0.117. The molecule has 1 unspecified atom stereocenters. The van der Waals surface area contributed by atoms with Gasteiger partial charge in [-0.25, -0.2) is 0 Å². The Morgan fingerprint density at radius 3 is 2.92 bits per heavy atom. The molecule has 1 fully saturated rings. The number of likely N-dealkylation sites (tertiary alicyclic amines) is 1. The van der Waals surface area contributed by atoms with E-state index in [-0.39, 0.29) is 11.8 Å². The number of aryl methyl sites for hydroxylation is 3. The second-order valence-electron chi connectivity index (χ2n) is 7.18. The summed E-state index contributed by atoms with van der Waals surface area (Å²) in [6.45, 7) is 7.33. The van der Waals surface area contributed by atoms with Crippen LogP contribution in [0.1, 0.15) is 47.2 Å². The van der Waals surface area contributed by atoms with Crippen LogP contribution in [0.5, 0.6) is 0 Å². The summed E-state index contributed by atoms with van der Waals surface area (Å²) in [5.41, 5.74) is 4.15. The average molecular weight is 353 g/mol. The SMILES string of the molecule is Cc1noc(C2CCCN(C(=O)Cc3coc4c(C)c(C)ccc34)C2)n1. The van der Waals surface area contributed by atoms with Crippen LogP contribution < -0.4 is 0 Å². The molecular weight excluding hydrogens is 330 g/mol. The van der Waals surface area contributed by atoms with E-state index in [0.717, 1.165) is 41.5 Å². The Morgan fingerprint density at radius 2 is 2.15 bits per heavy atom. The first-order valence-electron chi connectivity index (χ1n) is 9.07. The first-order valence-corrected chi connectivity index (χ1v) is 9.07. The predicted octanol–water partition coefficient (Wildman–Crippen LogP) is 3.69. The average Bonchev–Trinajstić information content (AvgIpc) is 3.25. The standard InChI is InChI=1S/C20H23N3O3/c1-12-6-7-17-16(11-25-19(17)13(12)2)9-18(24)23-8-4-5-15(10-23)20-21-14(3)22-26-20/h6-7,11,15H,4-5,8-10H2,1-3H3. The summed E-state index contributed by atoms with van der Waals surface area (Å²) in [5.74, 6) is 1.52. The molecule has 1 amide bonds. The summed E-state index contributed by atoms with van der Waals surface area (Å²) in [5, 5.41) is 4.90. The van der Waals surface area contributed by atoms with Gasteiger partial charge in [-0.15, -0.1) is 0 Å². The smallest absolute Gasteiger partial charge is 0.231 e. The van der Waals surface area contributed by atoms with E-state index in [2.05, 4.69) is 23.1 Å². The number of hydrogen-bond donors (Lipinski definition) is 0. The number of nitrogens with zero attached hydrogens (tertiary/aromatic N) is 3. The van der Waals surface area contributed by atoms with E-state index in [1.165, 1.54) is 5.56 Å². The van der Waals surface area contributed by atoms with Gasteiger partial charge in [0.1, 0.15) is 5.58 Å². The zero-order valence-electron chi connectivity index (χ0n) is 15.4. The number of furan rings is 1. The van der Waals surface area contributed by atoms with Crippen molar-refractivity contribution in [2.24, 2.45) is 0 Å². The summed E-state index contributed by atoms with van der Waals surface area (Å²) in [6.07, 6.45) is 3.99. The summed E-state index contributed by atoms with van der Waals surface area (Å²) in [6, 6.07) is 4.13. The molecule has 0 saturated carbocycles. The van der Waals surface area contributed by atoms with Crippen LogP contribution in [0.3, 0.4) is 0 Å². The quantitative estimate of drug-likeness (QED) is 0.718. The molecule has 0 spiro atoms. The molecule has 6 nitrogen and oxygen atoms in total. The van der Waals surface area contributed by atoms with Crippen molar-refractivity contribution >= 4 is 16.9 Å². The fourth-order valence-electron chi connectivity index (χ4n) is 3.68. The lowest BCUT2D eigenvalue weighted by molar-refractivity contribution is -0.131. The van der Waals surface area contributed by atoms with E-state index in [1.807, 2.05) is 24.8 Å². The monoisotopic (exact) mass is 353 g/mol. The number of amides is 1. The number of carbonyl (C=O) groups excluding carboxylic acids is 1. The Balaban J connectivity index is 1.50. The van der Waals surface area contributed by atoms with Gasteiger partial charge in [0.2, 0.25) is 11.8 Å². The van der Waals surface area contributed by atoms with Crippen LogP contribution in [0, 0.1) is 20.8 Å². The molecule has 0 N–H and O–H groups in total. The minimum absolute atomic E-state index is 0.117. The maximum absolute atomic E-state index is 12.9. The highest BCUT2D eigenvalue weighted by Gasteiger charge is 2.28. The Bertz CT molecular complexity index is 957. The lowest BCUT2D eigenvalue weighted by Crippen LogP contribution is -2.40. The number of carbonyl (C=O) groups is 1. The maximum atomic E-state index is 12.9. The Morgan fingerprint density at radius 1 is 1.31 bits per heavy atom. The molecule has 3 heterocycles. The third-order valence-corrected chi connectivity index (χ3v) is 5.35. The molecular formula is C20H23N3O3. The molecule has 1 aromatic carbocycles. The number of hydrogen-bond acceptors (Lipinski definition) is 5.